The lowest BCUT2D eigenvalue weighted by molar-refractivity contribution is -0.141. The molecule has 4 unspecified atom stereocenters. The number of likely N-dealkylation sites (tertiary alicyclic amines) is 2. The number of aryl methyl sites for hydroxylation is 1. The maximum absolute atomic E-state index is 13.1. The topological polar surface area (TPSA) is 169 Å². The number of amides is 3. The number of para-hydroxylation sites is 1. The van der Waals surface area contributed by atoms with Gasteiger partial charge < -0.3 is 35.1 Å². The second-order valence-corrected chi connectivity index (χ2v) is 18.0. The number of carboxylic acid groups (broad SMARTS) is 2. The molecule has 0 aliphatic carbocycles. The van der Waals surface area contributed by atoms with E-state index in [9.17, 15) is 29.1 Å². The fourth-order valence-electron chi connectivity index (χ4n) is 8.64. The van der Waals surface area contributed by atoms with Gasteiger partial charge in [0, 0.05) is 36.3 Å². The number of aromatic amines is 1. The van der Waals surface area contributed by atoms with Gasteiger partial charge in [-0.25, -0.2) is 4.79 Å². The van der Waals surface area contributed by atoms with Gasteiger partial charge in [-0.05, 0) is 114 Å². The molecule has 12 nitrogen and oxygen atoms in total. The van der Waals surface area contributed by atoms with Crippen LogP contribution in [0.15, 0.2) is 127 Å². The maximum atomic E-state index is 13.1. The molecular formula is C53H56N4O8S. The molecule has 342 valence electrons. The van der Waals surface area contributed by atoms with Crippen molar-refractivity contribution in [3.8, 4) is 22.6 Å². The molecule has 66 heavy (non-hydrogen) atoms. The third kappa shape index (κ3) is 12.2. The van der Waals surface area contributed by atoms with Crippen molar-refractivity contribution in [2.45, 2.75) is 83.3 Å². The van der Waals surface area contributed by atoms with Gasteiger partial charge in [0.05, 0.1) is 30.8 Å². The fraction of sp³-hybridized carbons (Fsp3) is 0.302. The van der Waals surface area contributed by atoms with Gasteiger partial charge in [0.25, 0.3) is 0 Å². The average molecular weight is 909 g/mol. The highest BCUT2D eigenvalue weighted by Crippen LogP contribution is 2.37. The molecule has 2 saturated heterocycles. The lowest BCUT2D eigenvalue weighted by Gasteiger charge is -2.24. The van der Waals surface area contributed by atoms with Crippen LogP contribution in [0.4, 0.5) is 0 Å². The molecule has 2 aromatic heterocycles. The number of aromatic nitrogens is 1. The normalized spacial score (nSPS) is 16.5. The number of rotatable bonds is 17. The van der Waals surface area contributed by atoms with Gasteiger partial charge in [-0.15, -0.1) is 11.3 Å². The van der Waals surface area contributed by atoms with Crippen molar-refractivity contribution in [3.63, 3.8) is 0 Å². The van der Waals surface area contributed by atoms with E-state index in [-0.39, 0.29) is 30.3 Å². The zero-order chi connectivity index (χ0) is 46.6. The predicted molar refractivity (Wildman–Crippen MR) is 254 cm³/mol. The van der Waals surface area contributed by atoms with E-state index in [1.807, 2.05) is 119 Å². The Morgan fingerprint density at radius 1 is 0.742 bits per heavy atom. The van der Waals surface area contributed by atoms with Gasteiger partial charge in [0.1, 0.15) is 17.5 Å². The van der Waals surface area contributed by atoms with Crippen LogP contribution < -0.4 is 10.1 Å². The van der Waals surface area contributed by atoms with Crippen LogP contribution in [0.2, 0.25) is 0 Å². The van der Waals surface area contributed by atoms with Crippen molar-refractivity contribution in [1.29, 1.82) is 0 Å². The summed E-state index contributed by atoms with van der Waals surface area (Å²) in [5.74, 6) is -0.534. The van der Waals surface area contributed by atoms with Crippen LogP contribution in [0.1, 0.15) is 83.1 Å². The standard InChI is InChI=1S/C27H30N2O4.C26H26N2O4S/c1-18-6-3-4-8-25(18)33-22-11-9-20(10-12-22)16-26(30)29-13-5-7-24(29)23-15-21(17-28-23)14-19(2)27(31)32;29-17-27-22(26(31)32)13-19-14-24(33-16-19)23-7-4-12-28(23)25(30)15-18-8-10-21(11-9-18)20-5-2-1-3-6-20/h3-4,6,8-12,15,17,19,24,28H,5,7,13-14,16H2,1-2H3,(H,31,32);1-3,5-6,8-11,14,16-17,22-23H,4,7,12-13,15H2,(H,27,29)(H,31,32). The Morgan fingerprint density at radius 3 is 1.98 bits per heavy atom. The number of aliphatic carboxylic acids is 2. The minimum atomic E-state index is -1.06. The molecule has 0 radical (unpaired) electrons. The van der Waals surface area contributed by atoms with Gasteiger partial charge >= 0.3 is 11.9 Å². The van der Waals surface area contributed by atoms with Crippen LogP contribution in [-0.2, 0) is 49.7 Å². The van der Waals surface area contributed by atoms with E-state index < -0.39 is 23.9 Å². The van der Waals surface area contributed by atoms with E-state index in [2.05, 4.69) is 34.6 Å². The number of carboxylic acids is 2. The lowest BCUT2D eigenvalue weighted by Crippen LogP contribution is -2.37. The van der Waals surface area contributed by atoms with Gasteiger partial charge in [-0.3, -0.25) is 19.2 Å². The Hall–Kier alpha value is -6.99. The van der Waals surface area contributed by atoms with Crippen molar-refractivity contribution < 1.29 is 38.9 Å². The van der Waals surface area contributed by atoms with E-state index in [0.717, 1.165) is 99.8 Å². The molecule has 0 bridgehead atoms. The summed E-state index contributed by atoms with van der Waals surface area (Å²) in [5.41, 5.74) is 8.08. The van der Waals surface area contributed by atoms with Crippen LogP contribution in [0.25, 0.3) is 11.1 Å². The van der Waals surface area contributed by atoms with E-state index >= 15 is 0 Å². The number of carbonyl (C=O) groups is 5. The summed E-state index contributed by atoms with van der Waals surface area (Å²) >= 11 is 1.54. The first kappa shape index (κ1) is 47.0. The van der Waals surface area contributed by atoms with Gasteiger partial charge in [0.15, 0.2) is 0 Å². The van der Waals surface area contributed by atoms with Gasteiger partial charge in [0.2, 0.25) is 18.2 Å². The zero-order valence-corrected chi connectivity index (χ0v) is 38.0. The molecule has 6 aromatic rings. The molecule has 2 fully saturated rings. The van der Waals surface area contributed by atoms with Crippen LogP contribution >= 0.6 is 11.3 Å². The number of thiophene rings is 1. The van der Waals surface area contributed by atoms with Gasteiger partial charge in [-0.2, -0.15) is 0 Å². The van der Waals surface area contributed by atoms with Crippen LogP contribution in [-0.4, -0.2) is 74.3 Å². The SMILES string of the molecule is Cc1ccccc1Oc1ccc(CC(=O)N2CCCC2c2cc(CC(C)C(=O)O)c[nH]2)cc1.O=CNC(Cc1csc(C2CCCN2C(=O)Cc2ccc(-c3ccccc3)cc2)c1)C(=O)O. The number of benzene rings is 4. The number of hydrogen-bond acceptors (Lipinski definition) is 7. The summed E-state index contributed by atoms with van der Waals surface area (Å²) in [6.45, 7) is 5.17. The first-order valence-corrected chi connectivity index (χ1v) is 23.3. The minimum absolute atomic E-state index is 0.00930. The molecule has 2 aliphatic heterocycles. The fourth-order valence-corrected chi connectivity index (χ4v) is 9.72. The smallest absolute Gasteiger partial charge is 0.326 e. The largest absolute Gasteiger partial charge is 0.481 e. The minimum Gasteiger partial charge on any atom is -0.481 e. The van der Waals surface area contributed by atoms with Crippen molar-refractivity contribution in [3.05, 3.63) is 165 Å². The highest BCUT2D eigenvalue weighted by molar-refractivity contribution is 7.10. The van der Waals surface area contributed by atoms with Crippen molar-refractivity contribution in [2.24, 2.45) is 5.92 Å². The number of carbonyl (C=O) groups excluding carboxylic acids is 3. The summed E-state index contributed by atoms with van der Waals surface area (Å²) < 4.78 is 5.95. The number of nitrogens with one attached hydrogen (secondary N) is 2. The molecule has 4 N–H and O–H groups in total. The van der Waals surface area contributed by atoms with E-state index in [0.29, 0.717) is 25.7 Å². The predicted octanol–water partition coefficient (Wildman–Crippen LogP) is 9.35. The number of hydrogen-bond donors (Lipinski definition) is 4. The quantitative estimate of drug-likeness (QED) is 0.0657. The molecule has 3 amide bonds. The van der Waals surface area contributed by atoms with Gasteiger partial charge in [-0.1, -0.05) is 91.9 Å². The molecular weight excluding hydrogens is 853 g/mol. The first-order chi connectivity index (χ1) is 31.9. The van der Waals surface area contributed by atoms with Crippen molar-refractivity contribution in [2.75, 3.05) is 13.1 Å². The second kappa shape index (κ2) is 22.3. The molecule has 0 saturated carbocycles. The molecule has 0 spiro atoms. The summed E-state index contributed by atoms with van der Waals surface area (Å²) in [6.07, 6.45) is 7.37. The Kier molecular flexibility index (Phi) is 15.9. The highest BCUT2D eigenvalue weighted by Gasteiger charge is 2.32. The van der Waals surface area contributed by atoms with Crippen LogP contribution in [0.3, 0.4) is 0 Å². The molecule has 13 heteroatoms. The molecule has 4 heterocycles. The second-order valence-electron chi connectivity index (χ2n) is 17.1. The average Bonchev–Trinajstić information content (AvgIpc) is 4.17. The van der Waals surface area contributed by atoms with Crippen LogP contribution in [0, 0.1) is 12.8 Å². The summed E-state index contributed by atoms with van der Waals surface area (Å²) in [6, 6.07) is 36.9. The molecule has 4 atom stereocenters. The maximum Gasteiger partial charge on any atom is 0.326 e. The molecule has 4 aromatic carbocycles. The third-order valence-corrected chi connectivity index (χ3v) is 13.3. The van der Waals surface area contributed by atoms with E-state index in [1.54, 1.807) is 18.3 Å². The summed E-state index contributed by atoms with van der Waals surface area (Å²) in [5, 5.41) is 22.7. The summed E-state index contributed by atoms with van der Waals surface area (Å²) in [7, 11) is 0. The van der Waals surface area contributed by atoms with Crippen molar-refractivity contribution >= 4 is 41.5 Å². The first-order valence-electron chi connectivity index (χ1n) is 22.4. The summed E-state index contributed by atoms with van der Waals surface area (Å²) in [4.78, 5) is 67.5. The van der Waals surface area contributed by atoms with Crippen LogP contribution in [0.5, 0.6) is 11.5 Å². The third-order valence-electron chi connectivity index (χ3n) is 12.3. The Morgan fingerprint density at radius 2 is 1.35 bits per heavy atom. The Labute approximate surface area is 389 Å². The highest BCUT2D eigenvalue weighted by atomic mass is 32.1. The Bertz CT molecular complexity index is 2590. The Balaban J connectivity index is 0.000000196. The van der Waals surface area contributed by atoms with E-state index in [1.165, 1.54) is 0 Å². The molecule has 2 aliphatic rings. The molecule has 8 rings (SSSR count). The number of H-pyrrole nitrogens is 1. The number of ether oxygens (including phenoxy) is 1. The zero-order valence-electron chi connectivity index (χ0n) is 37.2. The van der Waals surface area contributed by atoms with E-state index in [4.69, 9.17) is 9.84 Å². The monoisotopic (exact) mass is 908 g/mol. The van der Waals surface area contributed by atoms with Crippen molar-refractivity contribution in [1.82, 2.24) is 20.1 Å². The lowest BCUT2D eigenvalue weighted by atomic mass is 10.0. The number of nitrogens with zero attached hydrogens (tertiary/aromatic N) is 2.